The molecule has 8 nitrogen and oxygen atoms in total. The van der Waals surface area contributed by atoms with Crippen LogP contribution in [-0.2, 0) is 14.4 Å². The second-order valence-electron chi connectivity index (χ2n) is 5.90. The van der Waals surface area contributed by atoms with Crippen LogP contribution < -0.4 is 20.8 Å². The van der Waals surface area contributed by atoms with Crippen molar-refractivity contribution in [2.75, 3.05) is 19.0 Å². The molecular weight excluding hydrogens is 360 g/mol. The minimum Gasteiger partial charge on any atom is -0.483 e. The Labute approximate surface area is 163 Å². The first-order valence-electron chi connectivity index (χ1n) is 8.55. The number of hydrogen-bond donors (Lipinski definition) is 3. The number of hydrogen-bond acceptors (Lipinski definition) is 5. The van der Waals surface area contributed by atoms with Crippen LogP contribution in [0.15, 0.2) is 47.6 Å². The molecule has 2 aromatic carbocycles. The molecule has 2 aromatic rings. The van der Waals surface area contributed by atoms with Crippen LogP contribution in [0.2, 0.25) is 0 Å². The number of benzene rings is 2. The third kappa shape index (κ3) is 5.66. The maximum atomic E-state index is 12.2. The van der Waals surface area contributed by atoms with Crippen LogP contribution in [0.25, 0.3) is 0 Å². The van der Waals surface area contributed by atoms with Crippen molar-refractivity contribution in [1.29, 1.82) is 0 Å². The third-order valence-electron chi connectivity index (χ3n) is 3.96. The van der Waals surface area contributed by atoms with E-state index >= 15 is 0 Å². The predicted octanol–water partition coefficient (Wildman–Crippen LogP) is 1.52. The van der Waals surface area contributed by atoms with Gasteiger partial charge in [0.1, 0.15) is 5.75 Å². The fourth-order valence-electron chi connectivity index (χ4n) is 2.26. The monoisotopic (exact) mass is 382 g/mol. The maximum Gasteiger partial charge on any atom is 0.329 e. The van der Waals surface area contributed by atoms with Gasteiger partial charge in [-0.25, -0.2) is 5.43 Å². The third-order valence-corrected chi connectivity index (χ3v) is 3.96. The first-order chi connectivity index (χ1) is 13.4. The van der Waals surface area contributed by atoms with Gasteiger partial charge in [0.15, 0.2) is 6.61 Å². The lowest BCUT2D eigenvalue weighted by molar-refractivity contribution is -0.138. The lowest BCUT2D eigenvalue weighted by Crippen LogP contribution is -2.35. The zero-order valence-electron chi connectivity index (χ0n) is 15.9. The second-order valence-corrected chi connectivity index (χ2v) is 5.90. The molecule has 0 fully saturated rings. The van der Waals surface area contributed by atoms with Crippen molar-refractivity contribution in [3.63, 3.8) is 0 Å². The number of hydrazone groups is 1. The van der Waals surface area contributed by atoms with E-state index in [0.717, 1.165) is 16.8 Å². The van der Waals surface area contributed by atoms with E-state index in [1.807, 2.05) is 32.0 Å². The molecule has 146 valence electrons. The molecule has 0 aliphatic rings. The van der Waals surface area contributed by atoms with Crippen LogP contribution in [0.3, 0.4) is 0 Å². The normalized spacial score (nSPS) is 10.4. The van der Waals surface area contributed by atoms with Crippen LogP contribution in [0.1, 0.15) is 16.7 Å². The molecule has 0 bridgehead atoms. The molecule has 2 rings (SSSR count). The van der Waals surface area contributed by atoms with Gasteiger partial charge in [0.05, 0.1) is 6.21 Å². The number of anilines is 1. The Balaban J connectivity index is 1.97. The first kappa shape index (κ1) is 20.6. The minimum absolute atomic E-state index is 0.192. The summed E-state index contributed by atoms with van der Waals surface area (Å²) in [5, 5.41) is 8.73. The zero-order valence-corrected chi connectivity index (χ0v) is 15.9. The Morgan fingerprint density at radius 1 is 1.04 bits per heavy atom. The van der Waals surface area contributed by atoms with Crippen molar-refractivity contribution in [3.05, 3.63) is 59.2 Å². The molecule has 3 amide bonds. The largest absolute Gasteiger partial charge is 0.483 e. The number of carbonyl (C=O) groups excluding carboxylic acids is 3. The first-order valence-corrected chi connectivity index (χ1v) is 8.55. The molecule has 0 atom stereocenters. The molecule has 0 heterocycles. The number of para-hydroxylation sites is 1. The number of nitrogens with one attached hydrogen (secondary N) is 3. The Bertz CT molecular complexity index is 909. The molecule has 0 spiro atoms. The van der Waals surface area contributed by atoms with Gasteiger partial charge in [-0.2, -0.15) is 5.10 Å². The van der Waals surface area contributed by atoms with Crippen LogP contribution in [0.5, 0.6) is 5.75 Å². The minimum atomic E-state index is -0.884. The van der Waals surface area contributed by atoms with Crippen molar-refractivity contribution < 1.29 is 19.1 Å². The van der Waals surface area contributed by atoms with E-state index in [1.165, 1.54) is 13.3 Å². The van der Waals surface area contributed by atoms with E-state index < -0.39 is 11.8 Å². The predicted molar refractivity (Wildman–Crippen MR) is 106 cm³/mol. The van der Waals surface area contributed by atoms with Gasteiger partial charge in [0.2, 0.25) is 0 Å². The SMILES string of the molecule is CNC(=O)C(=O)N/N=C\c1ccccc1OCC(=O)Nc1cccc(C)c1C. The number of rotatable bonds is 6. The van der Waals surface area contributed by atoms with Crippen LogP contribution in [0.4, 0.5) is 5.69 Å². The molecule has 8 heteroatoms. The average Bonchev–Trinajstić information content (AvgIpc) is 2.70. The van der Waals surface area contributed by atoms with Crippen molar-refractivity contribution in [2.24, 2.45) is 5.10 Å². The molecule has 0 saturated heterocycles. The molecule has 0 radical (unpaired) electrons. The molecule has 0 aromatic heterocycles. The van der Waals surface area contributed by atoms with Gasteiger partial charge in [-0.05, 0) is 43.2 Å². The summed E-state index contributed by atoms with van der Waals surface area (Å²) in [6.45, 7) is 3.72. The van der Waals surface area contributed by atoms with Crippen LogP contribution in [0, 0.1) is 13.8 Å². The summed E-state index contributed by atoms with van der Waals surface area (Å²) >= 11 is 0. The summed E-state index contributed by atoms with van der Waals surface area (Å²) in [6.07, 6.45) is 1.33. The highest BCUT2D eigenvalue weighted by molar-refractivity contribution is 6.35. The Morgan fingerprint density at radius 3 is 2.54 bits per heavy atom. The highest BCUT2D eigenvalue weighted by Crippen LogP contribution is 2.19. The molecule has 3 N–H and O–H groups in total. The van der Waals surface area contributed by atoms with E-state index in [1.54, 1.807) is 24.3 Å². The Kier molecular flexibility index (Phi) is 7.27. The summed E-state index contributed by atoms with van der Waals surface area (Å²) in [4.78, 5) is 34.7. The van der Waals surface area contributed by atoms with Crippen molar-refractivity contribution in [2.45, 2.75) is 13.8 Å². The van der Waals surface area contributed by atoms with E-state index in [9.17, 15) is 14.4 Å². The summed E-state index contributed by atoms with van der Waals surface area (Å²) in [6, 6.07) is 12.6. The van der Waals surface area contributed by atoms with Crippen molar-refractivity contribution in [1.82, 2.24) is 10.7 Å². The topological polar surface area (TPSA) is 109 Å². The number of ether oxygens (including phenoxy) is 1. The van der Waals surface area contributed by atoms with E-state index in [-0.39, 0.29) is 12.5 Å². The summed E-state index contributed by atoms with van der Waals surface area (Å²) in [5.74, 6) is -1.57. The van der Waals surface area contributed by atoms with Gasteiger partial charge >= 0.3 is 11.8 Å². The fraction of sp³-hybridized carbons (Fsp3) is 0.200. The van der Waals surface area contributed by atoms with Crippen LogP contribution in [-0.4, -0.2) is 37.6 Å². The molecule has 0 saturated carbocycles. The highest BCUT2D eigenvalue weighted by atomic mass is 16.5. The summed E-state index contributed by atoms with van der Waals surface area (Å²) < 4.78 is 5.57. The number of nitrogens with zero attached hydrogens (tertiary/aromatic N) is 1. The van der Waals surface area contributed by atoms with Gasteiger partial charge in [0.25, 0.3) is 5.91 Å². The van der Waals surface area contributed by atoms with E-state index in [4.69, 9.17) is 4.74 Å². The highest BCUT2D eigenvalue weighted by Gasteiger charge is 2.10. The summed E-state index contributed by atoms with van der Waals surface area (Å²) in [5.41, 5.74) is 5.46. The van der Waals surface area contributed by atoms with E-state index in [0.29, 0.717) is 11.3 Å². The summed E-state index contributed by atoms with van der Waals surface area (Å²) in [7, 11) is 1.35. The number of aryl methyl sites for hydroxylation is 1. The quantitative estimate of drug-likeness (QED) is 0.400. The van der Waals surface area contributed by atoms with Crippen molar-refractivity contribution in [3.8, 4) is 5.75 Å². The maximum absolute atomic E-state index is 12.2. The molecular formula is C20H22N4O4. The van der Waals surface area contributed by atoms with E-state index in [2.05, 4.69) is 21.2 Å². The lowest BCUT2D eigenvalue weighted by Gasteiger charge is -2.12. The van der Waals surface area contributed by atoms with Gasteiger partial charge in [-0.1, -0.05) is 24.3 Å². The van der Waals surface area contributed by atoms with Gasteiger partial charge in [0, 0.05) is 18.3 Å². The average molecular weight is 382 g/mol. The molecule has 0 aliphatic heterocycles. The standard InChI is InChI=1S/C20H22N4O4/c1-13-7-6-9-16(14(13)2)23-18(25)12-28-17-10-5-4-8-15(17)11-22-24-20(27)19(26)21-3/h4-11H,12H2,1-3H3,(H,21,26)(H,23,25)(H,24,27)/b22-11-. The zero-order chi connectivity index (χ0) is 20.5. The smallest absolute Gasteiger partial charge is 0.329 e. The number of amides is 3. The van der Waals surface area contributed by atoms with Gasteiger partial charge < -0.3 is 15.4 Å². The fourth-order valence-corrected chi connectivity index (χ4v) is 2.26. The number of carbonyl (C=O) groups is 3. The molecule has 0 aliphatic carbocycles. The van der Waals surface area contributed by atoms with Gasteiger partial charge in [-0.15, -0.1) is 0 Å². The molecule has 0 unspecified atom stereocenters. The Morgan fingerprint density at radius 2 is 1.79 bits per heavy atom. The lowest BCUT2D eigenvalue weighted by atomic mass is 10.1. The second kappa shape index (κ2) is 9.86. The van der Waals surface area contributed by atoms with Gasteiger partial charge in [-0.3, -0.25) is 14.4 Å². The number of likely N-dealkylation sites (N-methyl/N-ethyl adjacent to an activating group) is 1. The molecule has 28 heavy (non-hydrogen) atoms. The van der Waals surface area contributed by atoms with Crippen LogP contribution >= 0.6 is 0 Å². The Hall–Kier alpha value is -3.68. The van der Waals surface area contributed by atoms with Crippen molar-refractivity contribution >= 4 is 29.6 Å².